The molecule has 0 radical (unpaired) electrons. The van der Waals surface area contributed by atoms with E-state index in [2.05, 4.69) is 26.4 Å². The number of nitrogens with one attached hydrogen (secondary N) is 2. The number of rotatable bonds is 11. The summed E-state index contributed by atoms with van der Waals surface area (Å²) in [5.74, 6) is 0.741. The van der Waals surface area contributed by atoms with Gasteiger partial charge in [0.15, 0.2) is 0 Å². The monoisotopic (exact) mass is 515 g/mol. The van der Waals surface area contributed by atoms with Crippen LogP contribution in [0.15, 0.2) is 71.8 Å². The third kappa shape index (κ3) is 6.06. The molecule has 1 atom stereocenters. The van der Waals surface area contributed by atoms with Crippen LogP contribution in [-0.2, 0) is 29.1 Å². The van der Waals surface area contributed by atoms with Crippen molar-refractivity contribution in [1.29, 1.82) is 0 Å². The normalized spacial score (nSPS) is 15.2. The van der Waals surface area contributed by atoms with Crippen LogP contribution in [0.5, 0.6) is 5.75 Å². The molecule has 2 aromatic carbocycles. The zero-order chi connectivity index (χ0) is 26.3. The molecule has 0 saturated carbocycles. The molecule has 0 spiro atoms. The first kappa shape index (κ1) is 25.5. The molecule has 0 aliphatic carbocycles. The Labute approximate surface area is 221 Å². The molecule has 198 valence electrons. The molecule has 4 aromatic rings. The minimum Gasteiger partial charge on any atom is -0.489 e. The highest BCUT2D eigenvalue weighted by Crippen LogP contribution is 2.25. The van der Waals surface area contributed by atoms with Crippen molar-refractivity contribution in [3.63, 3.8) is 0 Å². The number of ether oxygens (including phenoxy) is 2. The average Bonchev–Trinajstić information content (AvgIpc) is 3.60. The topological polar surface area (TPSA) is 101 Å². The van der Waals surface area contributed by atoms with Crippen molar-refractivity contribution in [3.8, 4) is 5.75 Å². The van der Waals surface area contributed by atoms with Crippen LogP contribution in [0, 0.1) is 5.92 Å². The van der Waals surface area contributed by atoms with E-state index in [0.717, 1.165) is 46.4 Å². The maximum Gasteiger partial charge on any atom is 0.268 e. The van der Waals surface area contributed by atoms with E-state index in [-0.39, 0.29) is 17.4 Å². The zero-order valence-corrected chi connectivity index (χ0v) is 21.6. The number of nitrogens with zero attached hydrogens (tertiary/aromatic N) is 3. The molecule has 9 nitrogen and oxygen atoms in total. The van der Waals surface area contributed by atoms with Crippen molar-refractivity contribution in [2.75, 3.05) is 38.3 Å². The van der Waals surface area contributed by atoms with Crippen LogP contribution < -0.4 is 20.5 Å². The van der Waals surface area contributed by atoms with Crippen molar-refractivity contribution in [2.45, 2.75) is 26.0 Å². The molecule has 5 rings (SSSR count). The van der Waals surface area contributed by atoms with Gasteiger partial charge in [0.2, 0.25) is 5.91 Å². The second-order valence-electron chi connectivity index (χ2n) is 9.54. The Kier molecular flexibility index (Phi) is 8.04. The van der Waals surface area contributed by atoms with Gasteiger partial charge in [0, 0.05) is 49.9 Å². The second-order valence-corrected chi connectivity index (χ2v) is 9.54. The van der Waals surface area contributed by atoms with Crippen molar-refractivity contribution in [3.05, 3.63) is 88.5 Å². The Hall–Kier alpha value is -4.11. The van der Waals surface area contributed by atoms with Gasteiger partial charge in [0.25, 0.3) is 5.56 Å². The van der Waals surface area contributed by atoms with Gasteiger partial charge in [-0.15, -0.1) is 0 Å². The number of anilines is 1. The van der Waals surface area contributed by atoms with Gasteiger partial charge in [-0.2, -0.15) is 5.10 Å². The fraction of sp³-hybridized carbons (Fsp3) is 0.345. The van der Waals surface area contributed by atoms with Gasteiger partial charge in [0.1, 0.15) is 12.4 Å². The molecule has 3 heterocycles. The first-order chi connectivity index (χ1) is 18.6. The molecule has 1 amide bonds. The predicted octanol–water partition coefficient (Wildman–Crippen LogP) is 3.14. The fourth-order valence-electron chi connectivity index (χ4n) is 4.81. The van der Waals surface area contributed by atoms with E-state index in [1.54, 1.807) is 19.4 Å². The van der Waals surface area contributed by atoms with Crippen molar-refractivity contribution >= 4 is 22.5 Å². The number of hydrogen-bond donors (Lipinski definition) is 2. The summed E-state index contributed by atoms with van der Waals surface area (Å²) in [5, 5.41) is 8.44. The number of carbonyl (C=O) groups excluding carboxylic acids is 1. The Bertz CT molecular complexity index is 1430. The van der Waals surface area contributed by atoms with Crippen LogP contribution in [-0.4, -0.2) is 54.0 Å². The molecule has 38 heavy (non-hydrogen) atoms. The number of methoxy groups -OCH3 is 1. The predicted molar refractivity (Wildman–Crippen MR) is 146 cm³/mol. The standard InChI is InChI=1S/C29H33N5O4/c1-37-14-13-34-28(35)15-24(18-32-34)33-12-10-23(19-33)29(36)30-11-9-22-17-31-27-8-7-25(16-26(22)27)38-20-21-5-3-2-4-6-21/h2-8,15-18,23,31H,9-14,19-20H2,1H3,(H,30,36). The molecule has 1 fully saturated rings. The van der Waals surface area contributed by atoms with Crippen molar-refractivity contribution < 1.29 is 14.3 Å². The van der Waals surface area contributed by atoms with E-state index in [4.69, 9.17) is 9.47 Å². The third-order valence-corrected chi connectivity index (χ3v) is 6.97. The molecule has 0 bridgehead atoms. The molecule has 2 aromatic heterocycles. The molecule has 1 aliphatic rings. The number of H-pyrrole nitrogens is 1. The smallest absolute Gasteiger partial charge is 0.268 e. The lowest BCUT2D eigenvalue weighted by Gasteiger charge is -2.18. The number of hydrogen-bond acceptors (Lipinski definition) is 6. The Morgan fingerprint density at radius 2 is 2.05 bits per heavy atom. The van der Waals surface area contributed by atoms with Crippen LogP contribution >= 0.6 is 0 Å². The number of amides is 1. The maximum absolute atomic E-state index is 12.9. The summed E-state index contributed by atoms with van der Waals surface area (Å²) >= 11 is 0. The first-order valence-corrected chi connectivity index (χ1v) is 13.0. The SMILES string of the molecule is COCCn1ncc(N2CCC(C(=O)NCCc3c[nH]c4ccc(OCc5ccccc5)cc34)C2)cc1=O. The highest BCUT2D eigenvalue weighted by Gasteiger charge is 2.28. The maximum atomic E-state index is 12.9. The summed E-state index contributed by atoms with van der Waals surface area (Å²) in [5.41, 5.74) is 3.89. The van der Waals surface area contributed by atoms with E-state index >= 15 is 0 Å². The third-order valence-electron chi connectivity index (χ3n) is 6.97. The lowest BCUT2D eigenvalue weighted by molar-refractivity contribution is -0.124. The van der Waals surface area contributed by atoms with Crippen LogP contribution in [0.25, 0.3) is 10.9 Å². The summed E-state index contributed by atoms with van der Waals surface area (Å²) in [6.45, 7) is 3.21. The highest BCUT2D eigenvalue weighted by atomic mass is 16.5. The summed E-state index contributed by atoms with van der Waals surface area (Å²) in [6.07, 6.45) is 5.14. The molecular formula is C29H33N5O4. The van der Waals surface area contributed by atoms with E-state index < -0.39 is 0 Å². The van der Waals surface area contributed by atoms with Gasteiger partial charge < -0.3 is 24.7 Å². The van der Waals surface area contributed by atoms with Gasteiger partial charge in [-0.1, -0.05) is 30.3 Å². The van der Waals surface area contributed by atoms with Crippen molar-refractivity contribution in [2.24, 2.45) is 5.92 Å². The Morgan fingerprint density at radius 1 is 1.18 bits per heavy atom. The molecule has 2 N–H and O–H groups in total. The number of carbonyl (C=O) groups is 1. The van der Waals surface area contributed by atoms with E-state index in [9.17, 15) is 9.59 Å². The lowest BCUT2D eigenvalue weighted by Crippen LogP contribution is -2.34. The average molecular weight is 516 g/mol. The second kappa shape index (κ2) is 12.0. The van der Waals surface area contributed by atoms with E-state index in [0.29, 0.717) is 39.3 Å². The highest BCUT2D eigenvalue weighted by molar-refractivity contribution is 5.85. The molecular weight excluding hydrogens is 482 g/mol. The number of benzene rings is 2. The van der Waals surface area contributed by atoms with Crippen LogP contribution in [0.1, 0.15) is 17.5 Å². The zero-order valence-electron chi connectivity index (χ0n) is 21.6. The Balaban J connectivity index is 1.12. The van der Waals surface area contributed by atoms with Gasteiger partial charge in [-0.3, -0.25) is 9.59 Å². The first-order valence-electron chi connectivity index (χ1n) is 13.0. The van der Waals surface area contributed by atoms with E-state index in [1.807, 2.05) is 48.7 Å². The Morgan fingerprint density at radius 3 is 2.87 bits per heavy atom. The van der Waals surface area contributed by atoms with Crippen LogP contribution in [0.3, 0.4) is 0 Å². The number of fused-ring (bicyclic) bond motifs is 1. The number of aromatic nitrogens is 3. The molecule has 1 unspecified atom stereocenters. The summed E-state index contributed by atoms with van der Waals surface area (Å²) in [7, 11) is 1.59. The summed E-state index contributed by atoms with van der Waals surface area (Å²) in [4.78, 5) is 30.5. The quantitative estimate of drug-likeness (QED) is 0.318. The minimum absolute atomic E-state index is 0.0422. The summed E-state index contributed by atoms with van der Waals surface area (Å²) in [6, 6.07) is 17.7. The minimum atomic E-state index is -0.167. The van der Waals surface area contributed by atoms with Gasteiger partial charge in [-0.05, 0) is 42.2 Å². The largest absolute Gasteiger partial charge is 0.489 e. The van der Waals surface area contributed by atoms with Crippen LogP contribution in [0.4, 0.5) is 5.69 Å². The van der Waals surface area contributed by atoms with Gasteiger partial charge in [0.05, 0.1) is 31.0 Å². The number of aromatic amines is 1. The van der Waals surface area contributed by atoms with Crippen molar-refractivity contribution in [1.82, 2.24) is 20.1 Å². The molecule has 1 saturated heterocycles. The fourth-order valence-corrected chi connectivity index (χ4v) is 4.81. The van der Waals surface area contributed by atoms with Gasteiger partial charge >= 0.3 is 0 Å². The molecule has 1 aliphatic heterocycles. The van der Waals surface area contributed by atoms with Gasteiger partial charge in [-0.25, -0.2) is 4.68 Å². The summed E-state index contributed by atoms with van der Waals surface area (Å²) < 4.78 is 12.4. The van der Waals surface area contributed by atoms with E-state index in [1.165, 1.54) is 4.68 Å². The molecule has 9 heteroatoms. The lowest BCUT2D eigenvalue weighted by atomic mass is 10.1. The van der Waals surface area contributed by atoms with Crippen LogP contribution in [0.2, 0.25) is 0 Å².